The van der Waals surface area contributed by atoms with Gasteiger partial charge in [0.25, 0.3) is 15.7 Å². The predicted molar refractivity (Wildman–Crippen MR) is 76.1 cm³/mol. The number of halogens is 1. The molecule has 2 rings (SSSR count). The summed E-state index contributed by atoms with van der Waals surface area (Å²) in [6.45, 7) is 0.200. The number of anilines is 1. The fourth-order valence-electron chi connectivity index (χ4n) is 1.51. The number of non-ortho nitro benzene ring substituents is 1. The molecule has 0 spiro atoms. The first-order chi connectivity index (χ1) is 9.83. The molecule has 112 valence electrons. The minimum atomic E-state index is -3.96. The van der Waals surface area contributed by atoms with Crippen molar-refractivity contribution in [3.63, 3.8) is 0 Å². The second kappa shape index (κ2) is 5.76. The summed E-state index contributed by atoms with van der Waals surface area (Å²) in [5, 5.41) is 10.5. The molecule has 1 aromatic carbocycles. The second-order valence-electron chi connectivity index (χ2n) is 3.95. The van der Waals surface area contributed by atoms with Gasteiger partial charge < -0.3 is 5.73 Å². The lowest BCUT2D eigenvalue weighted by atomic mass is 10.3. The number of hydrogen-bond donors (Lipinski definition) is 2. The van der Waals surface area contributed by atoms with E-state index in [-0.39, 0.29) is 16.4 Å². The Morgan fingerprint density at radius 2 is 2.05 bits per heavy atom. The van der Waals surface area contributed by atoms with Gasteiger partial charge in [-0.2, -0.15) is 0 Å². The third kappa shape index (κ3) is 3.35. The van der Waals surface area contributed by atoms with Gasteiger partial charge in [-0.3, -0.25) is 14.8 Å². The lowest BCUT2D eigenvalue weighted by molar-refractivity contribution is -0.385. The smallest absolute Gasteiger partial charge is 0.272 e. The molecule has 21 heavy (non-hydrogen) atoms. The molecule has 0 amide bonds. The highest BCUT2D eigenvalue weighted by Crippen LogP contribution is 2.26. The minimum Gasteiger partial charge on any atom is -0.326 e. The molecule has 0 unspecified atom stereocenters. The molecule has 0 aliphatic heterocycles. The van der Waals surface area contributed by atoms with Crippen molar-refractivity contribution in [2.45, 2.75) is 10.8 Å². The summed E-state index contributed by atoms with van der Waals surface area (Å²) in [5.41, 5.74) is 4.58. The van der Waals surface area contributed by atoms with Gasteiger partial charge in [-0.25, -0.2) is 12.8 Å². The molecule has 0 fully saturated rings. The summed E-state index contributed by atoms with van der Waals surface area (Å²) in [6.07, 6.45) is 0. The molecule has 0 saturated carbocycles. The van der Waals surface area contributed by atoms with Crippen molar-refractivity contribution >= 4 is 32.7 Å². The van der Waals surface area contributed by atoms with Gasteiger partial charge >= 0.3 is 0 Å². The van der Waals surface area contributed by atoms with Crippen LogP contribution in [0.2, 0.25) is 0 Å². The molecular formula is C11H10FN3O4S2. The minimum absolute atomic E-state index is 0.0132. The third-order valence-corrected chi connectivity index (χ3v) is 5.48. The zero-order valence-corrected chi connectivity index (χ0v) is 12.1. The van der Waals surface area contributed by atoms with Crippen LogP contribution in [0.1, 0.15) is 4.88 Å². The average Bonchev–Trinajstić information content (AvgIpc) is 2.90. The fraction of sp³-hybridized carbons (Fsp3) is 0.0909. The first-order valence-corrected chi connectivity index (χ1v) is 7.89. The summed E-state index contributed by atoms with van der Waals surface area (Å²) < 4.78 is 39.8. The van der Waals surface area contributed by atoms with Gasteiger partial charge in [0.2, 0.25) is 0 Å². The molecule has 1 heterocycles. The number of nitro benzene ring substituents is 1. The molecule has 0 saturated heterocycles. The number of rotatable bonds is 5. The van der Waals surface area contributed by atoms with Crippen molar-refractivity contribution in [2.24, 2.45) is 5.73 Å². The Morgan fingerprint density at radius 1 is 1.33 bits per heavy atom. The lowest BCUT2D eigenvalue weighted by Crippen LogP contribution is -2.12. The highest BCUT2D eigenvalue weighted by Gasteiger charge is 2.20. The standard InChI is InChI=1S/C11H10FN3O4S2/c12-9-5-7(15(16)17)1-3-10(9)14-21(18,19)11-4-2-8(6-13)20-11/h1-5,14H,6,13H2. The van der Waals surface area contributed by atoms with E-state index in [1.54, 1.807) is 6.07 Å². The molecule has 7 nitrogen and oxygen atoms in total. The Hall–Kier alpha value is -2.04. The van der Waals surface area contributed by atoms with E-state index in [9.17, 15) is 22.9 Å². The number of hydrogen-bond acceptors (Lipinski definition) is 6. The molecule has 10 heteroatoms. The van der Waals surface area contributed by atoms with Crippen LogP contribution in [-0.4, -0.2) is 13.3 Å². The Morgan fingerprint density at radius 3 is 2.57 bits per heavy atom. The van der Waals surface area contributed by atoms with Crippen LogP contribution in [0.4, 0.5) is 15.8 Å². The number of nitrogens with one attached hydrogen (secondary N) is 1. The van der Waals surface area contributed by atoms with Crippen LogP contribution in [-0.2, 0) is 16.6 Å². The van der Waals surface area contributed by atoms with Crippen molar-refractivity contribution in [3.8, 4) is 0 Å². The van der Waals surface area contributed by atoms with Gasteiger partial charge in [0, 0.05) is 17.5 Å². The lowest BCUT2D eigenvalue weighted by Gasteiger charge is -2.07. The zero-order valence-electron chi connectivity index (χ0n) is 10.4. The zero-order chi connectivity index (χ0) is 15.6. The topological polar surface area (TPSA) is 115 Å². The molecule has 0 aliphatic rings. The molecule has 0 bridgehead atoms. The van der Waals surface area contributed by atoms with Crippen molar-refractivity contribution in [1.82, 2.24) is 0 Å². The first-order valence-electron chi connectivity index (χ1n) is 5.59. The van der Waals surface area contributed by atoms with Gasteiger partial charge in [-0.15, -0.1) is 11.3 Å². The SMILES string of the molecule is NCc1ccc(S(=O)(=O)Nc2ccc([N+](=O)[O-])cc2F)s1. The Kier molecular flexibility index (Phi) is 4.21. The van der Waals surface area contributed by atoms with E-state index in [0.29, 0.717) is 10.9 Å². The van der Waals surface area contributed by atoms with Crippen molar-refractivity contribution in [1.29, 1.82) is 0 Å². The number of nitrogens with two attached hydrogens (primary N) is 1. The predicted octanol–water partition coefficient (Wildman–Crippen LogP) is 2.05. The summed E-state index contributed by atoms with van der Waals surface area (Å²) in [4.78, 5) is 10.4. The van der Waals surface area contributed by atoms with Crippen molar-refractivity contribution in [3.05, 3.63) is 51.1 Å². The van der Waals surface area contributed by atoms with E-state index in [4.69, 9.17) is 5.73 Å². The number of sulfonamides is 1. The Bertz CT molecular complexity index is 789. The summed E-state index contributed by atoms with van der Waals surface area (Å²) in [6, 6.07) is 5.59. The average molecular weight is 331 g/mol. The van der Waals surface area contributed by atoms with Crippen LogP contribution >= 0.6 is 11.3 Å². The van der Waals surface area contributed by atoms with Crippen LogP contribution in [0, 0.1) is 15.9 Å². The highest BCUT2D eigenvalue weighted by molar-refractivity contribution is 7.94. The van der Waals surface area contributed by atoms with E-state index < -0.39 is 26.5 Å². The van der Waals surface area contributed by atoms with E-state index in [0.717, 1.165) is 23.5 Å². The molecule has 3 N–H and O–H groups in total. The van der Waals surface area contributed by atoms with E-state index in [1.807, 2.05) is 0 Å². The van der Waals surface area contributed by atoms with Crippen LogP contribution in [0.3, 0.4) is 0 Å². The van der Waals surface area contributed by atoms with E-state index >= 15 is 0 Å². The highest BCUT2D eigenvalue weighted by atomic mass is 32.2. The van der Waals surface area contributed by atoms with Gasteiger partial charge in [0.05, 0.1) is 16.7 Å². The van der Waals surface area contributed by atoms with Crippen LogP contribution in [0.15, 0.2) is 34.5 Å². The monoisotopic (exact) mass is 331 g/mol. The fourth-order valence-corrected chi connectivity index (χ4v) is 3.81. The molecule has 0 atom stereocenters. The van der Waals surface area contributed by atoms with Crippen LogP contribution < -0.4 is 10.5 Å². The van der Waals surface area contributed by atoms with Crippen LogP contribution in [0.5, 0.6) is 0 Å². The van der Waals surface area contributed by atoms with Crippen molar-refractivity contribution in [2.75, 3.05) is 4.72 Å². The summed E-state index contributed by atoms with van der Waals surface area (Å²) in [7, 11) is -3.96. The van der Waals surface area contributed by atoms with Crippen molar-refractivity contribution < 1.29 is 17.7 Å². The van der Waals surface area contributed by atoms with E-state index in [1.165, 1.54) is 6.07 Å². The summed E-state index contributed by atoms with van der Waals surface area (Å²) >= 11 is 0.967. The maximum absolute atomic E-state index is 13.7. The number of benzene rings is 1. The Labute approximate surface area is 123 Å². The van der Waals surface area contributed by atoms with E-state index in [2.05, 4.69) is 4.72 Å². The normalized spacial score (nSPS) is 11.3. The molecule has 2 aromatic rings. The van der Waals surface area contributed by atoms with Gasteiger partial charge in [0.15, 0.2) is 5.82 Å². The second-order valence-corrected chi connectivity index (χ2v) is 7.03. The Balaban J connectivity index is 2.30. The largest absolute Gasteiger partial charge is 0.326 e. The van der Waals surface area contributed by atoms with Gasteiger partial charge in [-0.1, -0.05) is 0 Å². The molecule has 0 aliphatic carbocycles. The number of thiophene rings is 1. The van der Waals surface area contributed by atoms with Gasteiger partial charge in [-0.05, 0) is 18.2 Å². The quantitative estimate of drug-likeness (QED) is 0.642. The number of nitro groups is 1. The molecule has 0 radical (unpaired) electrons. The number of nitrogens with zero attached hydrogens (tertiary/aromatic N) is 1. The van der Waals surface area contributed by atoms with Gasteiger partial charge in [0.1, 0.15) is 4.21 Å². The third-order valence-electron chi connectivity index (χ3n) is 2.51. The summed E-state index contributed by atoms with van der Waals surface area (Å²) in [5.74, 6) is -1.02. The maximum atomic E-state index is 13.7. The first kappa shape index (κ1) is 15.4. The molecule has 1 aromatic heterocycles. The molecular weight excluding hydrogens is 321 g/mol. The maximum Gasteiger partial charge on any atom is 0.272 e. The van der Waals surface area contributed by atoms with Crippen LogP contribution in [0.25, 0.3) is 0 Å².